The zero-order valence-corrected chi connectivity index (χ0v) is 19.0. The van der Waals surface area contributed by atoms with Crippen LogP contribution < -0.4 is 9.64 Å². The Morgan fingerprint density at radius 2 is 1.78 bits per heavy atom. The van der Waals surface area contributed by atoms with Gasteiger partial charge in [0.1, 0.15) is 11.8 Å². The van der Waals surface area contributed by atoms with Crippen molar-refractivity contribution in [1.29, 1.82) is 0 Å². The van der Waals surface area contributed by atoms with E-state index < -0.39 is 22.0 Å². The van der Waals surface area contributed by atoms with E-state index in [9.17, 15) is 23.1 Å². The number of fused-ring (bicyclic) bond motifs is 1. The lowest BCUT2D eigenvalue weighted by Crippen LogP contribution is -2.50. The Balaban J connectivity index is 2.03. The van der Waals surface area contributed by atoms with Crippen molar-refractivity contribution >= 4 is 27.6 Å². The highest BCUT2D eigenvalue weighted by Crippen LogP contribution is 2.32. The molecule has 0 saturated carbocycles. The molecule has 32 heavy (non-hydrogen) atoms. The maximum absolute atomic E-state index is 13.5. The maximum Gasteiger partial charge on any atom is 0.323 e. The number of methoxy groups -OCH3 is 1. The smallest absolute Gasteiger partial charge is 0.323 e. The highest BCUT2D eigenvalue weighted by Gasteiger charge is 2.41. The monoisotopic (exact) mass is 460 g/mol. The molecule has 1 N–H and O–H groups in total. The van der Waals surface area contributed by atoms with E-state index in [1.165, 1.54) is 36.3 Å². The van der Waals surface area contributed by atoms with Gasteiger partial charge in [-0.25, -0.2) is 8.42 Å². The van der Waals surface area contributed by atoms with Crippen LogP contribution in [-0.2, 0) is 26.2 Å². The van der Waals surface area contributed by atoms with Gasteiger partial charge in [-0.1, -0.05) is 38.0 Å². The van der Waals surface area contributed by atoms with Crippen LogP contribution in [0.4, 0.5) is 5.69 Å². The summed E-state index contributed by atoms with van der Waals surface area (Å²) in [5.41, 5.74) is 1.13. The number of carbonyl (C=O) groups is 2. The van der Waals surface area contributed by atoms with E-state index in [0.29, 0.717) is 23.4 Å². The zero-order chi connectivity index (χ0) is 23.3. The molecule has 2 aromatic carbocycles. The standard InChI is InChI=1S/C23H28N2O6S/c1-3-4-5-10-22(26)24-16-21(23(27)28)25(15-17-8-6-7-9-20(17)24)32(29,30)19-13-11-18(31-2)12-14-19/h6-9,11-14,21H,3-5,10,15-16H2,1-2H3,(H,27,28). The lowest BCUT2D eigenvalue weighted by Gasteiger charge is -2.28. The molecule has 8 nitrogen and oxygen atoms in total. The number of carbonyl (C=O) groups excluding carboxylic acids is 1. The number of rotatable bonds is 8. The summed E-state index contributed by atoms with van der Waals surface area (Å²) in [4.78, 5) is 26.6. The highest BCUT2D eigenvalue weighted by atomic mass is 32.2. The topological polar surface area (TPSA) is 104 Å². The quantitative estimate of drug-likeness (QED) is 0.607. The number of carboxylic acid groups (broad SMARTS) is 1. The van der Waals surface area contributed by atoms with Crippen LogP contribution in [0.5, 0.6) is 5.75 Å². The molecule has 0 aromatic heterocycles. The zero-order valence-electron chi connectivity index (χ0n) is 18.2. The Morgan fingerprint density at radius 3 is 2.41 bits per heavy atom. The molecular formula is C23H28N2O6S. The van der Waals surface area contributed by atoms with Gasteiger partial charge in [0.05, 0.1) is 18.6 Å². The molecule has 172 valence electrons. The minimum atomic E-state index is -4.16. The van der Waals surface area contributed by atoms with Crippen molar-refractivity contribution in [2.75, 3.05) is 18.6 Å². The number of para-hydroxylation sites is 1. The van der Waals surface area contributed by atoms with Crippen LogP contribution in [0.25, 0.3) is 0 Å². The molecule has 9 heteroatoms. The average Bonchev–Trinajstić information content (AvgIpc) is 2.97. The van der Waals surface area contributed by atoms with Gasteiger partial charge in [-0.15, -0.1) is 0 Å². The first-order chi connectivity index (χ1) is 15.3. The second kappa shape index (κ2) is 10.1. The van der Waals surface area contributed by atoms with Crippen molar-refractivity contribution in [3.8, 4) is 5.75 Å². The van der Waals surface area contributed by atoms with Crippen molar-refractivity contribution in [2.24, 2.45) is 0 Å². The van der Waals surface area contributed by atoms with Crippen molar-refractivity contribution in [2.45, 2.75) is 50.1 Å². The molecule has 1 amide bonds. The number of sulfonamides is 1. The SMILES string of the molecule is CCCCCC(=O)N1CC(C(=O)O)N(S(=O)(=O)c2ccc(OC)cc2)Cc2ccccc21. The fourth-order valence-electron chi connectivity index (χ4n) is 3.78. The summed E-state index contributed by atoms with van der Waals surface area (Å²) in [6.45, 7) is 1.63. The Bertz CT molecular complexity index is 1070. The van der Waals surface area contributed by atoms with Gasteiger partial charge in [0.2, 0.25) is 15.9 Å². The predicted molar refractivity (Wildman–Crippen MR) is 120 cm³/mol. The number of ether oxygens (including phenoxy) is 1. The molecule has 0 bridgehead atoms. The van der Waals surface area contributed by atoms with Crippen LogP contribution in [0.2, 0.25) is 0 Å². The van der Waals surface area contributed by atoms with E-state index in [2.05, 4.69) is 0 Å². The Labute approximate surface area is 188 Å². The number of hydrogen-bond donors (Lipinski definition) is 1. The van der Waals surface area contributed by atoms with Crippen molar-refractivity contribution in [3.05, 3.63) is 54.1 Å². The van der Waals surface area contributed by atoms with Gasteiger partial charge in [-0.3, -0.25) is 9.59 Å². The molecule has 0 aliphatic carbocycles. The van der Waals surface area contributed by atoms with Gasteiger partial charge in [0.25, 0.3) is 0 Å². The summed E-state index contributed by atoms with van der Waals surface area (Å²) in [7, 11) is -2.68. The number of amides is 1. The minimum absolute atomic E-state index is 0.0373. The summed E-state index contributed by atoms with van der Waals surface area (Å²) in [5, 5.41) is 9.95. The Hall–Kier alpha value is -2.91. The second-order valence-electron chi connectivity index (χ2n) is 7.67. The van der Waals surface area contributed by atoms with E-state index in [4.69, 9.17) is 4.74 Å². The Morgan fingerprint density at radius 1 is 1.09 bits per heavy atom. The van der Waals surface area contributed by atoms with E-state index in [1.54, 1.807) is 24.3 Å². The van der Waals surface area contributed by atoms with E-state index in [0.717, 1.165) is 17.1 Å². The molecular weight excluding hydrogens is 432 g/mol. The van der Waals surface area contributed by atoms with Crippen LogP contribution in [0.1, 0.15) is 38.2 Å². The van der Waals surface area contributed by atoms with Crippen LogP contribution >= 0.6 is 0 Å². The van der Waals surface area contributed by atoms with Crippen LogP contribution in [0, 0.1) is 0 Å². The number of carboxylic acids is 1. The third-order valence-electron chi connectivity index (χ3n) is 5.56. The van der Waals surface area contributed by atoms with Gasteiger partial charge in [0, 0.05) is 18.7 Å². The van der Waals surface area contributed by atoms with Crippen LogP contribution in [0.15, 0.2) is 53.4 Å². The number of hydrogen-bond acceptors (Lipinski definition) is 5. The van der Waals surface area contributed by atoms with Gasteiger partial charge < -0.3 is 14.7 Å². The normalized spacial score (nSPS) is 16.8. The third-order valence-corrected chi connectivity index (χ3v) is 7.43. The highest BCUT2D eigenvalue weighted by molar-refractivity contribution is 7.89. The van der Waals surface area contributed by atoms with Gasteiger partial charge in [-0.2, -0.15) is 4.31 Å². The lowest BCUT2D eigenvalue weighted by atomic mass is 10.1. The van der Waals surface area contributed by atoms with E-state index >= 15 is 0 Å². The predicted octanol–water partition coefficient (Wildman–Crippen LogP) is 3.27. The molecule has 1 unspecified atom stereocenters. The first-order valence-corrected chi connectivity index (χ1v) is 12.0. The minimum Gasteiger partial charge on any atom is -0.497 e. The summed E-state index contributed by atoms with van der Waals surface area (Å²) in [6.07, 6.45) is 2.82. The molecule has 1 aliphatic rings. The largest absolute Gasteiger partial charge is 0.497 e. The van der Waals surface area contributed by atoms with Crippen molar-refractivity contribution in [1.82, 2.24) is 4.31 Å². The summed E-state index contributed by atoms with van der Waals surface area (Å²) < 4.78 is 33.0. The van der Waals surface area contributed by atoms with Crippen molar-refractivity contribution < 1.29 is 27.9 Å². The molecule has 1 heterocycles. The van der Waals surface area contributed by atoms with Crippen LogP contribution in [-0.4, -0.2) is 49.4 Å². The summed E-state index contributed by atoms with van der Waals surface area (Å²) in [5.74, 6) is -1.02. The number of nitrogens with zero attached hydrogens (tertiary/aromatic N) is 2. The van der Waals surface area contributed by atoms with Gasteiger partial charge >= 0.3 is 5.97 Å². The lowest BCUT2D eigenvalue weighted by molar-refractivity contribution is -0.141. The first kappa shape index (κ1) is 23.7. The number of unbranched alkanes of at least 4 members (excludes halogenated alkanes) is 2. The van der Waals surface area contributed by atoms with Crippen LogP contribution in [0.3, 0.4) is 0 Å². The molecule has 2 aromatic rings. The first-order valence-electron chi connectivity index (χ1n) is 10.6. The fraction of sp³-hybridized carbons (Fsp3) is 0.391. The Kier molecular flexibility index (Phi) is 7.52. The summed E-state index contributed by atoms with van der Waals surface area (Å²) in [6, 6.07) is 11.3. The molecule has 0 spiro atoms. The number of aliphatic carboxylic acids is 1. The second-order valence-corrected chi connectivity index (χ2v) is 9.56. The van der Waals surface area contributed by atoms with Gasteiger partial charge in [-0.05, 0) is 42.3 Å². The van der Waals surface area contributed by atoms with Gasteiger partial charge in [0.15, 0.2) is 0 Å². The van der Waals surface area contributed by atoms with E-state index in [1.807, 2.05) is 6.92 Å². The maximum atomic E-state index is 13.5. The van der Waals surface area contributed by atoms with E-state index in [-0.39, 0.29) is 30.3 Å². The average molecular weight is 461 g/mol. The molecule has 0 fully saturated rings. The fourth-order valence-corrected chi connectivity index (χ4v) is 5.33. The summed E-state index contributed by atoms with van der Waals surface area (Å²) >= 11 is 0. The number of benzene rings is 2. The molecule has 1 atom stereocenters. The molecule has 1 aliphatic heterocycles. The molecule has 0 radical (unpaired) electrons. The third kappa shape index (κ3) is 4.94. The number of anilines is 1. The molecule has 0 saturated heterocycles. The van der Waals surface area contributed by atoms with Crippen molar-refractivity contribution in [3.63, 3.8) is 0 Å². The molecule has 3 rings (SSSR count).